The highest BCUT2D eigenvalue weighted by molar-refractivity contribution is 7.91. The lowest BCUT2D eigenvalue weighted by Crippen LogP contribution is -2.62. The van der Waals surface area contributed by atoms with Crippen LogP contribution in [0.25, 0.3) is 0 Å². The largest absolute Gasteiger partial charge is 0.335 e. The molecule has 8 nitrogen and oxygen atoms in total. The predicted molar refractivity (Wildman–Crippen MR) is 86.7 cm³/mol. The van der Waals surface area contributed by atoms with Crippen LogP contribution in [0.3, 0.4) is 0 Å². The lowest BCUT2D eigenvalue weighted by molar-refractivity contribution is -0.147. The molecule has 24 heavy (non-hydrogen) atoms. The van der Waals surface area contributed by atoms with Gasteiger partial charge in [-0.25, -0.2) is 13.4 Å². The molecule has 2 aliphatic heterocycles. The van der Waals surface area contributed by atoms with Gasteiger partial charge in [0, 0.05) is 31.4 Å². The molecule has 0 N–H and O–H groups in total. The van der Waals surface area contributed by atoms with Gasteiger partial charge in [-0.15, -0.1) is 0 Å². The van der Waals surface area contributed by atoms with Crippen molar-refractivity contribution in [1.82, 2.24) is 19.4 Å². The molecule has 2 amide bonds. The van der Waals surface area contributed by atoms with Gasteiger partial charge in [-0.1, -0.05) is 13.8 Å². The van der Waals surface area contributed by atoms with Gasteiger partial charge in [0.25, 0.3) is 0 Å². The van der Waals surface area contributed by atoms with E-state index in [9.17, 15) is 18.0 Å². The number of hydrogen-bond acceptors (Lipinski definition) is 5. The third-order valence-corrected chi connectivity index (χ3v) is 6.35. The summed E-state index contributed by atoms with van der Waals surface area (Å²) in [5.41, 5.74) is 0. The Hall–Kier alpha value is -1.90. The van der Waals surface area contributed by atoms with Crippen LogP contribution >= 0.6 is 0 Å². The van der Waals surface area contributed by atoms with Crippen LogP contribution in [0.1, 0.15) is 13.8 Å². The number of imidazole rings is 1. The third kappa shape index (κ3) is 3.17. The van der Waals surface area contributed by atoms with Crippen LogP contribution in [-0.2, 0) is 26.0 Å². The summed E-state index contributed by atoms with van der Waals surface area (Å²) in [6.07, 6.45) is 4.84. The van der Waals surface area contributed by atoms with Crippen LogP contribution in [0, 0.1) is 5.92 Å². The molecule has 3 heterocycles. The van der Waals surface area contributed by atoms with E-state index in [1.54, 1.807) is 46.9 Å². The maximum Gasteiger partial charge on any atom is 0.242 e. The number of sulfone groups is 1. The van der Waals surface area contributed by atoms with Gasteiger partial charge in [0.15, 0.2) is 9.84 Å². The smallest absolute Gasteiger partial charge is 0.242 e. The van der Waals surface area contributed by atoms with Gasteiger partial charge in [-0.3, -0.25) is 9.59 Å². The molecule has 2 fully saturated rings. The number of fused-ring (bicyclic) bond motifs is 1. The highest BCUT2D eigenvalue weighted by Gasteiger charge is 2.49. The summed E-state index contributed by atoms with van der Waals surface area (Å²) in [6, 6.07) is -0.896. The Morgan fingerprint density at radius 2 is 1.79 bits per heavy atom. The molecule has 1 aromatic rings. The van der Waals surface area contributed by atoms with Crippen molar-refractivity contribution in [1.29, 1.82) is 0 Å². The van der Waals surface area contributed by atoms with Gasteiger partial charge < -0.3 is 14.4 Å². The Morgan fingerprint density at radius 3 is 2.38 bits per heavy atom. The van der Waals surface area contributed by atoms with Crippen LogP contribution in [-0.4, -0.2) is 76.3 Å². The summed E-state index contributed by atoms with van der Waals surface area (Å²) in [6.45, 7) is 4.47. The Balaban J connectivity index is 1.81. The first kappa shape index (κ1) is 16.9. The molecule has 2 atom stereocenters. The van der Waals surface area contributed by atoms with E-state index in [1.807, 2.05) is 0 Å². The second-order valence-corrected chi connectivity index (χ2v) is 8.87. The van der Waals surface area contributed by atoms with E-state index >= 15 is 0 Å². The van der Waals surface area contributed by atoms with E-state index in [0.717, 1.165) is 0 Å². The van der Waals surface area contributed by atoms with Crippen molar-refractivity contribution >= 4 is 21.7 Å². The molecule has 1 aromatic heterocycles. The Kier molecular flexibility index (Phi) is 4.37. The first-order chi connectivity index (χ1) is 11.3. The van der Waals surface area contributed by atoms with Crippen molar-refractivity contribution in [2.45, 2.75) is 32.5 Å². The van der Waals surface area contributed by atoms with Gasteiger partial charge in [0.2, 0.25) is 11.8 Å². The fraction of sp³-hybridized carbons (Fsp3) is 0.667. The summed E-state index contributed by atoms with van der Waals surface area (Å²) >= 11 is 0. The van der Waals surface area contributed by atoms with Crippen LogP contribution in [0.4, 0.5) is 0 Å². The Bertz CT molecular complexity index is 729. The van der Waals surface area contributed by atoms with Gasteiger partial charge in [-0.2, -0.15) is 0 Å². The molecule has 0 aromatic carbocycles. The summed E-state index contributed by atoms with van der Waals surface area (Å²) in [7, 11) is -3.26. The van der Waals surface area contributed by atoms with Crippen molar-refractivity contribution < 1.29 is 18.0 Å². The first-order valence-corrected chi connectivity index (χ1v) is 9.87. The van der Waals surface area contributed by atoms with Crippen LogP contribution < -0.4 is 0 Å². The Labute approximate surface area is 141 Å². The fourth-order valence-electron chi connectivity index (χ4n) is 3.50. The normalized spacial score (nSPS) is 25.8. The fourth-order valence-corrected chi connectivity index (χ4v) is 5.48. The van der Waals surface area contributed by atoms with E-state index < -0.39 is 21.9 Å². The van der Waals surface area contributed by atoms with Gasteiger partial charge in [0.05, 0.1) is 29.9 Å². The zero-order chi connectivity index (χ0) is 17.5. The molecule has 0 bridgehead atoms. The van der Waals surface area contributed by atoms with Gasteiger partial charge in [0.1, 0.15) is 6.54 Å². The minimum atomic E-state index is -3.26. The number of hydrogen-bond donors (Lipinski definition) is 0. The highest BCUT2D eigenvalue weighted by atomic mass is 32.2. The molecule has 3 rings (SSSR count). The monoisotopic (exact) mass is 354 g/mol. The average molecular weight is 354 g/mol. The van der Waals surface area contributed by atoms with Crippen molar-refractivity contribution in [2.75, 3.05) is 24.6 Å². The second-order valence-electron chi connectivity index (χ2n) is 6.72. The standard InChI is InChI=1S/C15H22N4O4S/c1-11(2)15(21)19-6-5-18(12-8-24(22,23)9-13(12)19)14(20)7-17-4-3-16-10-17/h3-4,10-13H,5-9H2,1-2H3/t12-,13+/m0/s1. The lowest BCUT2D eigenvalue weighted by Gasteiger charge is -2.44. The number of amides is 2. The third-order valence-electron chi connectivity index (χ3n) is 4.65. The van der Waals surface area contributed by atoms with E-state index in [0.29, 0.717) is 13.1 Å². The second kappa shape index (κ2) is 6.19. The van der Waals surface area contributed by atoms with Crippen LogP contribution in [0.2, 0.25) is 0 Å². The number of piperazine rings is 1. The predicted octanol–water partition coefficient (Wildman–Crippen LogP) is -0.624. The molecule has 0 saturated carbocycles. The summed E-state index contributed by atoms with van der Waals surface area (Å²) in [5.74, 6) is -0.525. The van der Waals surface area contributed by atoms with Crippen molar-refractivity contribution in [2.24, 2.45) is 5.92 Å². The molecule has 2 saturated heterocycles. The molecule has 0 spiro atoms. The highest BCUT2D eigenvalue weighted by Crippen LogP contribution is 2.28. The van der Waals surface area contributed by atoms with Crippen molar-refractivity contribution in [3.05, 3.63) is 18.7 Å². The summed E-state index contributed by atoms with van der Waals surface area (Å²) < 4.78 is 25.9. The topological polar surface area (TPSA) is 92.6 Å². The van der Waals surface area contributed by atoms with E-state index in [1.165, 1.54) is 0 Å². The molecule has 0 radical (unpaired) electrons. The molecular formula is C15H22N4O4S. The minimum Gasteiger partial charge on any atom is -0.335 e. The minimum absolute atomic E-state index is 0.0520. The van der Waals surface area contributed by atoms with Crippen LogP contribution in [0.15, 0.2) is 18.7 Å². The molecule has 2 aliphatic rings. The first-order valence-electron chi connectivity index (χ1n) is 8.04. The number of aromatic nitrogens is 2. The van der Waals surface area contributed by atoms with E-state index in [2.05, 4.69) is 4.98 Å². The SMILES string of the molecule is CC(C)C(=O)N1CCN(C(=O)Cn2ccnc2)[C@H]2CS(=O)(=O)C[C@H]21. The number of carbonyl (C=O) groups is 2. The quantitative estimate of drug-likeness (QED) is 0.721. The zero-order valence-corrected chi connectivity index (χ0v) is 14.6. The molecule has 0 unspecified atom stereocenters. The van der Waals surface area contributed by atoms with Crippen LogP contribution in [0.5, 0.6) is 0 Å². The molecular weight excluding hydrogens is 332 g/mol. The van der Waals surface area contributed by atoms with Gasteiger partial charge in [-0.05, 0) is 0 Å². The lowest BCUT2D eigenvalue weighted by atomic mass is 10.0. The number of rotatable bonds is 3. The zero-order valence-electron chi connectivity index (χ0n) is 13.8. The molecule has 132 valence electrons. The van der Waals surface area contributed by atoms with Crippen molar-refractivity contribution in [3.8, 4) is 0 Å². The molecule has 0 aliphatic carbocycles. The van der Waals surface area contributed by atoms with E-state index in [-0.39, 0.29) is 35.8 Å². The average Bonchev–Trinajstić information content (AvgIpc) is 3.10. The Morgan fingerprint density at radius 1 is 1.17 bits per heavy atom. The van der Waals surface area contributed by atoms with E-state index in [4.69, 9.17) is 0 Å². The maximum atomic E-state index is 12.6. The number of nitrogens with zero attached hydrogens (tertiary/aromatic N) is 4. The summed E-state index contributed by atoms with van der Waals surface area (Å²) in [4.78, 5) is 32.2. The number of carbonyl (C=O) groups excluding carboxylic acids is 2. The van der Waals surface area contributed by atoms with Gasteiger partial charge >= 0.3 is 0 Å². The summed E-state index contributed by atoms with van der Waals surface area (Å²) in [5, 5.41) is 0. The maximum absolute atomic E-state index is 12.6. The van der Waals surface area contributed by atoms with Crippen molar-refractivity contribution in [3.63, 3.8) is 0 Å². The molecule has 9 heteroatoms.